The quantitative estimate of drug-likeness (QED) is 0.557. The number of benzene rings is 2. The van der Waals surface area contributed by atoms with E-state index in [2.05, 4.69) is 34.2 Å². The van der Waals surface area contributed by atoms with E-state index in [1.54, 1.807) is 0 Å². The van der Waals surface area contributed by atoms with E-state index in [0.29, 0.717) is 19.5 Å². The van der Waals surface area contributed by atoms with E-state index in [9.17, 15) is 9.18 Å². The Hall–Kier alpha value is -3.09. The first-order valence-electron chi connectivity index (χ1n) is 11.5. The summed E-state index contributed by atoms with van der Waals surface area (Å²) in [5.74, 6) is 0.956. The average Bonchev–Trinajstić information content (AvgIpc) is 3.22. The van der Waals surface area contributed by atoms with Crippen LogP contribution < -0.4 is 10.2 Å². The van der Waals surface area contributed by atoms with Crippen LogP contribution in [0.3, 0.4) is 0 Å². The van der Waals surface area contributed by atoms with Gasteiger partial charge in [-0.1, -0.05) is 24.3 Å². The van der Waals surface area contributed by atoms with Gasteiger partial charge in [0.05, 0.1) is 6.54 Å². The zero-order valence-corrected chi connectivity index (χ0v) is 18.8. The molecule has 2 fully saturated rings. The molecule has 2 aromatic carbocycles. The van der Waals surface area contributed by atoms with Crippen LogP contribution in [0, 0.1) is 5.82 Å². The second kappa shape index (κ2) is 10.5. The molecule has 0 saturated carbocycles. The van der Waals surface area contributed by atoms with Gasteiger partial charge in [0.2, 0.25) is 5.91 Å². The molecule has 1 N–H and O–H groups in total. The smallest absolute Gasteiger partial charge is 0.222 e. The molecule has 0 atom stereocenters. The monoisotopic (exact) mass is 437 g/mol. The number of rotatable bonds is 6. The van der Waals surface area contributed by atoms with Crippen molar-refractivity contribution in [1.82, 2.24) is 15.1 Å². The number of anilines is 1. The number of aliphatic imine (C=N–C) groups is 1. The third-order valence-electron chi connectivity index (χ3n) is 6.16. The van der Waals surface area contributed by atoms with Crippen LogP contribution in [0.15, 0.2) is 53.5 Å². The van der Waals surface area contributed by atoms with Gasteiger partial charge >= 0.3 is 0 Å². The van der Waals surface area contributed by atoms with Gasteiger partial charge in [-0.3, -0.25) is 4.79 Å². The Bertz CT molecular complexity index is 938. The van der Waals surface area contributed by atoms with Gasteiger partial charge in [-0.15, -0.1) is 0 Å². The van der Waals surface area contributed by atoms with Gasteiger partial charge in [-0.05, 0) is 48.7 Å². The van der Waals surface area contributed by atoms with E-state index >= 15 is 0 Å². The molecule has 4 rings (SSSR count). The maximum Gasteiger partial charge on any atom is 0.222 e. The Morgan fingerprint density at radius 1 is 1.00 bits per heavy atom. The summed E-state index contributed by atoms with van der Waals surface area (Å²) in [5.41, 5.74) is 3.38. The number of hydrogen-bond donors (Lipinski definition) is 1. The zero-order valence-electron chi connectivity index (χ0n) is 18.8. The molecule has 32 heavy (non-hydrogen) atoms. The molecule has 2 aromatic rings. The van der Waals surface area contributed by atoms with E-state index in [1.807, 2.05) is 29.2 Å². The van der Waals surface area contributed by atoms with E-state index in [1.165, 1.54) is 17.7 Å². The van der Waals surface area contributed by atoms with Crippen molar-refractivity contribution in [3.05, 3.63) is 65.5 Å². The second-order valence-corrected chi connectivity index (χ2v) is 8.31. The molecule has 2 aliphatic heterocycles. The van der Waals surface area contributed by atoms with E-state index in [0.717, 1.165) is 62.9 Å². The third-order valence-corrected chi connectivity index (χ3v) is 6.16. The van der Waals surface area contributed by atoms with Crippen molar-refractivity contribution >= 4 is 17.6 Å². The van der Waals surface area contributed by atoms with Gasteiger partial charge in [-0.25, -0.2) is 9.38 Å². The molecule has 6 nitrogen and oxygen atoms in total. The lowest BCUT2D eigenvalue weighted by Gasteiger charge is -2.37. The number of hydrogen-bond acceptors (Lipinski definition) is 3. The highest BCUT2D eigenvalue weighted by molar-refractivity contribution is 5.80. The molecule has 2 aliphatic rings. The predicted octanol–water partition coefficient (Wildman–Crippen LogP) is 3.24. The highest BCUT2D eigenvalue weighted by atomic mass is 19.1. The summed E-state index contributed by atoms with van der Waals surface area (Å²) in [6.45, 7) is 8.42. The SMILES string of the molecule is CCNC(=NCc1ccccc1CN1CCCC1=O)N1CCN(c2ccc(F)cc2)CC1. The molecule has 0 aliphatic carbocycles. The third kappa shape index (κ3) is 5.39. The minimum absolute atomic E-state index is 0.205. The molecule has 7 heteroatoms. The minimum atomic E-state index is -0.205. The second-order valence-electron chi connectivity index (χ2n) is 8.31. The normalized spacial score (nSPS) is 17.2. The number of carbonyl (C=O) groups excluding carboxylic acids is 1. The molecule has 2 saturated heterocycles. The summed E-state index contributed by atoms with van der Waals surface area (Å²) in [6.07, 6.45) is 1.61. The first-order valence-corrected chi connectivity index (χ1v) is 11.5. The summed E-state index contributed by atoms with van der Waals surface area (Å²) in [4.78, 5) is 23.5. The fourth-order valence-electron chi connectivity index (χ4n) is 4.36. The first kappa shape index (κ1) is 22.1. The van der Waals surface area contributed by atoms with Gasteiger partial charge < -0.3 is 20.0 Å². The zero-order chi connectivity index (χ0) is 22.3. The number of carbonyl (C=O) groups is 1. The minimum Gasteiger partial charge on any atom is -0.368 e. The van der Waals surface area contributed by atoms with Crippen molar-refractivity contribution in [3.63, 3.8) is 0 Å². The Labute approximate surface area is 189 Å². The Morgan fingerprint density at radius 3 is 2.38 bits per heavy atom. The summed E-state index contributed by atoms with van der Waals surface area (Å²) in [7, 11) is 0. The molecule has 170 valence electrons. The van der Waals surface area contributed by atoms with Gasteiger partial charge in [0.25, 0.3) is 0 Å². The first-order chi connectivity index (χ1) is 15.6. The van der Waals surface area contributed by atoms with Crippen LogP contribution in [0.5, 0.6) is 0 Å². The van der Waals surface area contributed by atoms with Crippen molar-refractivity contribution in [2.45, 2.75) is 32.9 Å². The van der Waals surface area contributed by atoms with E-state index in [4.69, 9.17) is 4.99 Å². The van der Waals surface area contributed by atoms with Crippen LogP contribution in [0.1, 0.15) is 30.9 Å². The Morgan fingerprint density at radius 2 is 1.72 bits per heavy atom. The molecule has 0 bridgehead atoms. The highest BCUT2D eigenvalue weighted by Gasteiger charge is 2.22. The van der Waals surface area contributed by atoms with Crippen LogP contribution in [-0.4, -0.2) is 60.9 Å². The molecule has 0 radical (unpaired) electrons. The number of piperazine rings is 1. The van der Waals surface area contributed by atoms with Crippen molar-refractivity contribution in [2.75, 3.05) is 44.2 Å². The lowest BCUT2D eigenvalue weighted by atomic mass is 10.1. The molecule has 0 aromatic heterocycles. The van der Waals surface area contributed by atoms with Gasteiger partial charge in [0, 0.05) is 57.9 Å². The number of nitrogens with zero attached hydrogens (tertiary/aromatic N) is 4. The molecule has 0 spiro atoms. The summed E-state index contributed by atoms with van der Waals surface area (Å²) < 4.78 is 13.2. The fraction of sp³-hybridized carbons (Fsp3) is 0.440. The molecular formula is C25H32FN5O. The molecule has 2 heterocycles. The largest absolute Gasteiger partial charge is 0.368 e. The van der Waals surface area contributed by atoms with Gasteiger partial charge in [0.1, 0.15) is 5.82 Å². The maximum atomic E-state index is 13.2. The highest BCUT2D eigenvalue weighted by Crippen LogP contribution is 2.19. The van der Waals surface area contributed by atoms with Crippen LogP contribution in [-0.2, 0) is 17.9 Å². The van der Waals surface area contributed by atoms with Crippen LogP contribution in [0.2, 0.25) is 0 Å². The van der Waals surface area contributed by atoms with Gasteiger partial charge in [-0.2, -0.15) is 0 Å². The van der Waals surface area contributed by atoms with Crippen LogP contribution in [0.4, 0.5) is 10.1 Å². The molecular weight excluding hydrogens is 405 g/mol. The summed E-state index contributed by atoms with van der Waals surface area (Å²) >= 11 is 0. The maximum absolute atomic E-state index is 13.2. The van der Waals surface area contributed by atoms with Crippen LogP contribution >= 0.6 is 0 Å². The molecule has 1 amide bonds. The predicted molar refractivity (Wildman–Crippen MR) is 126 cm³/mol. The number of guanidine groups is 1. The number of likely N-dealkylation sites (tertiary alicyclic amines) is 1. The Kier molecular flexibility index (Phi) is 7.24. The summed E-state index contributed by atoms with van der Waals surface area (Å²) in [6, 6.07) is 15.0. The number of amides is 1. The fourth-order valence-corrected chi connectivity index (χ4v) is 4.36. The molecule has 0 unspecified atom stereocenters. The van der Waals surface area contributed by atoms with Crippen molar-refractivity contribution in [2.24, 2.45) is 4.99 Å². The van der Waals surface area contributed by atoms with E-state index in [-0.39, 0.29) is 11.7 Å². The average molecular weight is 438 g/mol. The lowest BCUT2D eigenvalue weighted by Crippen LogP contribution is -2.52. The van der Waals surface area contributed by atoms with Gasteiger partial charge in [0.15, 0.2) is 5.96 Å². The number of nitrogens with one attached hydrogen (secondary N) is 1. The summed E-state index contributed by atoms with van der Waals surface area (Å²) in [5, 5.41) is 3.43. The van der Waals surface area contributed by atoms with Crippen molar-refractivity contribution in [1.29, 1.82) is 0 Å². The van der Waals surface area contributed by atoms with Crippen molar-refractivity contribution in [3.8, 4) is 0 Å². The topological polar surface area (TPSA) is 51.2 Å². The van der Waals surface area contributed by atoms with Crippen molar-refractivity contribution < 1.29 is 9.18 Å². The standard InChI is InChI=1S/C25H32FN5O/c1-2-27-25(30-16-14-29(15-17-30)23-11-9-22(26)10-12-23)28-18-20-6-3-4-7-21(20)19-31-13-5-8-24(31)32/h3-4,6-7,9-12H,2,5,8,13-19H2,1H3,(H,27,28). The Balaban J connectivity index is 1.41. The number of halogens is 1. The van der Waals surface area contributed by atoms with E-state index < -0.39 is 0 Å². The van der Waals surface area contributed by atoms with Crippen LogP contribution in [0.25, 0.3) is 0 Å². The lowest BCUT2D eigenvalue weighted by molar-refractivity contribution is -0.128.